The second kappa shape index (κ2) is 6.22. The van der Waals surface area contributed by atoms with Gasteiger partial charge in [-0.1, -0.05) is 0 Å². The van der Waals surface area contributed by atoms with E-state index in [1.54, 1.807) is 0 Å². The summed E-state index contributed by atoms with van der Waals surface area (Å²) in [7, 11) is 0. The van der Waals surface area contributed by atoms with Crippen LogP contribution in [0.25, 0.3) is 0 Å². The van der Waals surface area contributed by atoms with Gasteiger partial charge in [-0.25, -0.2) is 4.90 Å². The van der Waals surface area contributed by atoms with E-state index in [-0.39, 0.29) is 5.56 Å². The van der Waals surface area contributed by atoms with Gasteiger partial charge in [0.1, 0.15) is 0 Å². The summed E-state index contributed by atoms with van der Waals surface area (Å²) in [5.41, 5.74) is 2.65. The molecule has 2 rings (SSSR count). The lowest BCUT2D eigenvalue weighted by Gasteiger charge is -2.18. The fourth-order valence-corrected chi connectivity index (χ4v) is 1.96. The molecule has 1 aliphatic heterocycles. The SMILES string of the molecule is CC(=O)N(NC(=O)c1ccc(N2C(=O)C=CC2=O)cc1)C(C)=O. The Hall–Kier alpha value is -3.29. The van der Waals surface area contributed by atoms with Crippen LogP contribution in [0.2, 0.25) is 0 Å². The van der Waals surface area contributed by atoms with Crippen molar-refractivity contribution >= 4 is 35.2 Å². The summed E-state index contributed by atoms with van der Waals surface area (Å²) in [4.78, 5) is 58.6. The lowest BCUT2D eigenvalue weighted by Crippen LogP contribution is -2.47. The molecule has 1 aliphatic rings. The van der Waals surface area contributed by atoms with Crippen LogP contribution < -0.4 is 10.3 Å². The Morgan fingerprint density at radius 1 is 0.913 bits per heavy atom. The first-order chi connectivity index (χ1) is 10.8. The number of rotatable bonds is 2. The van der Waals surface area contributed by atoms with E-state index in [0.717, 1.165) is 30.9 Å². The Kier molecular flexibility index (Phi) is 4.35. The lowest BCUT2D eigenvalue weighted by atomic mass is 10.2. The van der Waals surface area contributed by atoms with Gasteiger partial charge in [0, 0.05) is 31.6 Å². The zero-order valence-electron chi connectivity index (χ0n) is 12.4. The molecule has 0 saturated heterocycles. The largest absolute Gasteiger partial charge is 0.273 e. The van der Waals surface area contributed by atoms with Gasteiger partial charge < -0.3 is 0 Å². The van der Waals surface area contributed by atoms with Gasteiger partial charge >= 0.3 is 0 Å². The minimum Gasteiger partial charge on any atom is -0.273 e. The smallest absolute Gasteiger partial charge is 0.270 e. The highest BCUT2D eigenvalue weighted by molar-refractivity contribution is 6.28. The lowest BCUT2D eigenvalue weighted by molar-refractivity contribution is -0.145. The third-order valence-corrected chi connectivity index (χ3v) is 3.04. The van der Waals surface area contributed by atoms with Gasteiger partial charge in [-0.3, -0.25) is 29.4 Å². The summed E-state index contributed by atoms with van der Waals surface area (Å²) in [5, 5.41) is 0.591. The normalized spacial score (nSPS) is 13.2. The van der Waals surface area contributed by atoms with E-state index in [9.17, 15) is 24.0 Å². The molecule has 0 unspecified atom stereocenters. The summed E-state index contributed by atoms with van der Waals surface area (Å²) in [6.07, 6.45) is 2.31. The molecule has 1 aromatic rings. The number of benzene rings is 1. The van der Waals surface area contributed by atoms with Crippen molar-refractivity contribution in [2.45, 2.75) is 13.8 Å². The Balaban J connectivity index is 2.15. The highest BCUT2D eigenvalue weighted by Crippen LogP contribution is 2.19. The van der Waals surface area contributed by atoms with Crippen molar-refractivity contribution in [1.82, 2.24) is 10.4 Å². The number of amides is 5. The maximum atomic E-state index is 12.0. The van der Waals surface area contributed by atoms with Gasteiger partial charge in [0.05, 0.1) is 5.69 Å². The average molecular weight is 315 g/mol. The highest BCUT2D eigenvalue weighted by atomic mass is 16.2. The van der Waals surface area contributed by atoms with Gasteiger partial charge in [-0.05, 0) is 24.3 Å². The second-order valence-corrected chi connectivity index (χ2v) is 4.71. The summed E-state index contributed by atoms with van der Waals surface area (Å²) in [6, 6.07) is 5.59. The Bertz CT molecular complexity index is 704. The minimum absolute atomic E-state index is 0.160. The van der Waals surface area contributed by atoms with Crippen LogP contribution in [-0.2, 0) is 19.2 Å². The Labute approximate surface area is 131 Å². The molecule has 5 amide bonds. The first-order valence-electron chi connectivity index (χ1n) is 6.59. The van der Waals surface area contributed by atoms with Crippen LogP contribution in [0.5, 0.6) is 0 Å². The van der Waals surface area contributed by atoms with E-state index in [0.29, 0.717) is 10.7 Å². The van der Waals surface area contributed by atoms with Gasteiger partial charge in [0.2, 0.25) is 11.8 Å². The monoisotopic (exact) mass is 315 g/mol. The predicted molar refractivity (Wildman–Crippen MR) is 78.7 cm³/mol. The molecule has 8 nitrogen and oxygen atoms in total. The molecular weight excluding hydrogens is 302 g/mol. The number of hydrogen-bond acceptors (Lipinski definition) is 5. The van der Waals surface area contributed by atoms with Crippen LogP contribution >= 0.6 is 0 Å². The fraction of sp³-hybridized carbons (Fsp3) is 0.133. The van der Waals surface area contributed by atoms with Gasteiger partial charge in [-0.2, -0.15) is 5.01 Å². The highest BCUT2D eigenvalue weighted by Gasteiger charge is 2.25. The van der Waals surface area contributed by atoms with Crippen molar-refractivity contribution in [2.24, 2.45) is 0 Å². The van der Waals surface area contributed by atoms with Crippen molar-refractivity contribution in [2.75, 3.05) is 4.90 Å². The topological polar surface area (TPSA) is 104 Å². The Morgan fingerprint density at radius 3 is 1.83 bits per heavy atom. The van der Waals surface area contributed by atoms with Crippen LogP contribution in [0.3, 0.4) is 0 Å². The number of carbonyl (C=O) groups excluding carboxylic acids is 5. The second-order valence-electron chi connectivity index (χ2n) is 4.71. The van der Waals surface area contributed by atoms with E-state index >= 15 is 0 Å². The molecule has 0 fully saturated rings. The van der Waals surface area contributed by atoms with Crippen LogP contribution in [-0.4, -0.2) is 34.5 Å². The van der Waals surface area contributed by atoms with Gasteiger partial charge in [-0.15, -0.1) is 0 Å². The van der Waals surface area contributed by atoms with Crippen LogP contribution in [0.4, 0.5) is 5.69 Å². The molecule has 0 spiro atoms. The van der Waals surface area contributed by atoms with Crippen molar-refractivity contribution < 1.29 is 24.0 Å². The molecule has 23 heavy (non-hydrogen) atoms. The predicted octanol–water partition coefficient (Wildman–Crippen LogP) is 0.156. The molecule has 1 N–H and O–H groups in total. The van der Waals surface area contributed by atoms with Gasteiger partial charge in [0.15, 0.2) is 0 Å². The molecule has 1 heterocycles. The molecular formula is C15H13N3O5. The summed E-state index contributed by atoms with van der Waals surface area (Å²) in [5.74, 6) is -2.85. The third-order valence-electron chi connectivity index (χ3n) is 3.04. The number of carbonyl (C=O) groups is 5. The van der Waals surface area contributed by atoms with Gasteiger partial charge in [0.25, 0.3) is 17.7 Å². The van der Waals surface area contributed by atoms with E-state index in [4.69, 9.17) is 0 Å². The number of hydrazine groups is 1. The standard InChI is InChI=1S/C15H13N3O5/c1-9(19)18(10(2)20)16-15(23)11-3-5-12(6-4-11)17-13(21)7-8-14(17)22/h3-8H,1-2H3,(H,16,23). The molecule has 0 atom stereocenters. The maximum absolute atomic E-state index is 12.0. The van der Waals surface area contributed by atoms with Crippen molar-refractivity contribution in [3.8, 4) is 0 Å². The molecule has 0 saturated carbocycles. The first kappa shape index (κ1) is 16.1. The molecule has 0 radical (unpaired) electrons. The van der Waals surface area contributed by atoms with Crippen molar-refractivity contribution in [3.63, 3.8) is 0 Å². The van der Waals surface area contributed by atoms with Crippen LogP contribution in [0.15, 0.2) is 36.4 Å². The zero-order chi connectivity index (χ0) is 17.1. The van der Waals surface area contributed by atoms with Crippen LogP contribution in [0.1, 0.15) is 24.2 Å². The molecule has 1 aromatic carbocycles. The van der Waals surface area contributed by atoms with E-state index in [2.05, 4.69) is 5.43 Å². The molecule has 118 valence electrons. The number of nitrogens with one attached hydrogen (secondary N) is 1. The molecule has 0 bridgehead atoms. The number of nitrogens with zero attached hydrogens (tertiary/aromatic N) is 2. The summed E-state index contributed by atoms with van der Waals surface area (Å²) in [6.45, 7) is 2.28. The molecule has 0 aromatic heterocycles. The fourth-order valence-electron chi connectivity index (χ4n) is 1.96. The van der Waals surface area contributed by atoms with Crippen molar-refractivity contribution in [3.05, 3.63) is 42.0 Å². The molecule has 8 heteroatoms. The summed E-state index contributed by atoms with van der Waals surface area (Å²) >= 11 is 0. The van der Waals surface area contributed by atoms with E-state index in [1.165, 1.54) is 24.3 Å². The number of imide groups is 2. The number of hydrogen-bond donors (Lipinski definition) is 1. The summed E-state index contributed by atoms with van der Waals surface area (Å²) < 4.78 is 0. The average Bonchev–Trinajstić information content (AvgIpc) is 2.83. The van der Waals surface area contributed by atoms with E-state index < -0.39 is 29.5 Å². The zero-order valence-corrected chi connectivity index (χ0v) is 12.4. The third kappa shape index (κ3) is 3.31. The first-order valence-corrected chi connectivity index (χ1v) is 6.59. The quantitative estimate of drug-likeness (QED) is 0.618. The molecule has 0 aliphatic carbocycles. The van der Waals surface area contributed by atoms with Crippen molar-refractivity contribution in [1.29, 1.82) is 0 Å². The maximum Gasteiger partial charge on any atom is 0.270 e. The Morgan fingerprint density at radius 2 is 1.39 bits per heavy atom. The van der Waals surface area contributed by atoms with E-state index in [1.807, 2.05) is 0 Å². The van der Waals surface area contributed by atoms with Crippen LogP contribution in [0, 0.1) is 0 Å². The minimum atomic E-state index is -0.667. The number of anilines is 1.